The summed E-state index contributed by atoms with van der Waals surface area (Å²) in [7, 11) is 1.74. The van der Waals surface area contributed by atoms with Crippen molar-refractivity contribution >= 4 is 5.96 Å². The van der Waals surface area contributed by atoms with E-state index in [2.05, 4.69) is 31.1 Å². The van der Waals surface area contributed by atoms with Gasteiger partial charge < -0.3 is 15.8 Å². The monoisotopic (exact) mass is 199 g/mol. The van der Waals surface area contributed by atoms with Gasteiger partial charge in [0.15, 0.2) is 5.96 Å². The lowest BCUT2D eigenvalue weighted by atomic mass is 9.90. The molecule has 1 aliphatic carbocycles. The molecule has 0 aromatic carbocycles. The smallest absolute Gasteiger partial charge is 0.189 e. The Balaban J connectivity index is 2.31. The minimum Gasteiger partial charge on any atom is -0.381 e. The second kappa shape index (κ2) is 4.17. The predicted octanol–water partition coefficient (Wildman–Crippen LogP) is 0.867. The topological polar surface area (TPSA) is 59.6 Å². The molecule has 82 valence electrons. The van der Waals surface area contributed by atoms with Gasteiger partial charge >= 0.3 is 0 Å². The summed E-state index contributed by atoms with van der Waals surface area (Å²) in [6.07, 6.45) is 2.36. The summed E-state index contributed by atoms with van der Waals surface area (Å²) in [6.45, 7) is 6.19. The number of nitrogens with zero attached hydrogens (tertiary/aromatic N) is 1. The first kappa shape index (κ1) is 11.3. The van der Waals surface area contributed by atoms with Crippen molar-refractivity contribution < 1.29 is 4.74 Å². The van der Waals surface area contributed by atoms with Gasteiger partial charge in [-0.25, -0.2) is 4.99 Å². The number of methoxy groups -OCH3 is 1. The molecule has 0 unspecified atom stereocenters. The van der Waals surface area contributed by atoms with Gasteiger partial charge in [0.05, 0.1) is 12.1 Å². The fourth-order valence-corrected chi connectivity index (χ4v) is 1.45. The van der Waals surface area contributed by atoms with Gasteiger partial charge in [0.2, 0.25) is 0 Å². The summed E-state index contributed by atoms with van der Waals surface area (Å²) >= 11 is 0. The van der Waals surface area contributed by atoms with Gasteiger partial charge in [-0.3, -0.25) is 0 Å². The van der Waals surface area contributed by atoms with Crippen LogP contribution in [0.1, 0.15) is 33.6 Å². The van der Waals surface area contributed by atoms with Crippen molar-refractivity contribution in [2.24, 2.45) is 10.7 Å². The van der Waals surface area contributed by atoms with E-state index in [1.807, 2.05) is 0 Å². The standard InChI is InChI=1S/C10H21N3O/c1-10(2,3)13-9(11)12-7-5-8(6-7)14-4/h7-8H,5-6H2,1-4H3,(H3,11,12,13). The van der Waals surface area contributed by atoms with Crippen molar-refractivity contribution in [3.63, 3.8) is 0 Å². The second-order valence-corrected chi connectivity index (χ2v) is 4.87. The normalized spacial score (nSPS) is 28.4. The Labute approximate surface area is 85.9 Å². The molecule has 0 amide bonds. The number of aliphatic imine (C=N–C) groups is 1. The van der Waals surface area contributed by atoms with E-state index >= 15 is 0 Å². The van der Waals surface area contributed by atoms with E-state index in [1.165, 1.54) is 0 Å². The van der Waals surface area contributed by atoms with Crippen LogP contribution in [0.2, 0.25) is 0 Å². The maximum atomic E-state index is 5.76. The average molecular weight is 199 g/mol. The Hall–Kier alpha value is -0.770. The van der Waals surface area contributed by atoms with Gasteiger partial charge in [0.1, 0.15) is 0 Å². The largest absolute Gasteiger partial charge is 0.381 e. The van der Waals surface area contributed by atoms with Crippen molar-refractivity contribution in [2.45, 2.75) is 51.3 Å². The molecule has 0 heterocycles. The number of guanidine groups is 1. The average Bonchev–Trinajstić information content (AvgIpc) is 1.91. The van der Waals surface area contributed by atoms with Crippen LogP contribution < -0.4 is 11.1 Å². The van der Waals surface area contributed by atoms with Crippen LogP contribution in [0.3, 0.4) is 0 Å². The van der Waals surface area contributed by atoms with Gasteiger partial charge in [-0.2, -0.15) is 0 Å². The highest BCUT2D eigenvalue weighted by Gasteiger charge is 2.28. The van der Waals surface area contributed by atoms with Crippen LogP contribution in [0.15, 0.2) is 4.99 Å². The maximum absolute atomic E-state index is 5.76. The molecule has 1 fully saturated rings. The molecule has 4 heteroatoms. The van der Waals surface area contributed by atoms with Crippen LogP contribution in [0, 0.1) is 0 Å². The van der Waals surface area contributed by atoms with Crippen LogP contribution in [0.5, 0.6) is 0 Å². The highest BCUT2D eigenvalue weighted by molar-refractivity contribution is 5.78. The van der Waals surface area contributed by atoms with E-state index in [-0.39, 0.29) is 5.54 Å². The number of rotatable bonds is 2. The lowest BCUT2D eigenvalue weighted by molar-refractivity contribution is 0.0284. The molecular weight excluding hydrogens is 178 g/mol. The highest BCUT2D eigenvalue weighted by atomic mass is 16.5. The maximum Gasteiger partial charge on any atom is 0.189 e. The van der Waals surface area contributed by atoms with Crippen molar-refractivity contribution in [3.8, 4) is 0 Å². The molecule has 0 aromatic rings. The van der Waals surface area contributed by atoms with Crippen molar-refractivity contribution in [1.82, 2.24) is 5.32 Å². The minimum atomic E-state index is -0.0159. The molecule has 4 nitrogen and oxygen atoms in total. The molecule has 14 heavy (non-hydrogen) atoms. The Morgan fingerprint density at radius 3 is 2.43 bits per heavy atom. The van der Waals surface area contributed by atoms with Crippen molar-refractivity contribution in [3.05, 3.63) is 0 Å². The third kappa shape index (κ3) is 3.54. The van der Waals surface area contributed by atoms with Gasteiger partial charge in [-0.1, -0.05) is 0 Å². The third-order valence-electron chi connectivity index (χ3n) is 2.23. The second-order valence-electron chi connectivity index (χ2n) is 4.87. The van der Waals surface area contributed by atoms with Crippen LogP contribution >= 0.6 is 0 Å². The first-order valence-electron chi connectivity index (χ1n) is 5.05. The van der Waals surface area contributed by atoms with Crippen LogP contribution in [-0.4, -0.2) is 30.8 Å². The summed E-state index contributed by atoms with van der Waals surface area (Å²) in [6, 6.07) is 0.342. The first-order chi connectivity index (χ1) is 6.40. The number of hydrogen-bond acceptors (Lipinski definition) is 2. The Kier molecular flexibility index (Phi) is 3.37. The third-order valence-corrected chi connectivity index (χ3v) is 2.23. The van der Waals surface area contributed by atoms with Crippen molar-refractivity contribution in [2.75, 3.05) is 7.11 Å². The molecule has 0 aromatic heterocycles. The van der Waals surface area contributed by atoms with E-state index in [0.29, 0.717) is 18.1 Å². The van der Waals surface area contributed by atoms with Gasteiger partial charge in [0.25, 0.3) is 0 Å². The van der Waals surface area contributed by atoms with Crippen LogP contribution in [0.4, 0.5) is 0 Å². The van der Waals surface area contributed by atoms with Gasteiger partial charge in [-0.15, -0.1) is 0 Å². The Morgan fingerprint density at radius 1 is 1.43 bits per heavy atom. The Morgan fingerprint density at radius 2 is 2.00 bits per heavy atom. The number of hydrogen-bond donors (Lipinski definition) is 2. The summed E-state index contributed by atoms with van der Waals surface area (Å²) in [5.41, 5.74) is 5.74. The van der Waals surface area contributed by atoms with Gasteiger partial charge in [-0.05, 0) is 33.6 Å². The zero-order chi connectivity index (χ0) is 10.8. The quantitative estimate of drug-likeness (QED) is 0.512. The summed E-state index contributed by atoms with van der Waals surface area (Å²) in [4.78, 5) is 4.37. The molecule has 1 aliphatic rings. The van der Waals surface area contributed by atoms with Gasteiger partial charge in [0, 0.05) is 12.6 Å². The fourth-order valence-electron chi connectivity index (χ4n) is 1.45. The van der Waals surface area contributed by atoms with E-state index in [4.69, 9.17) is 10.5 Å². The molecular formula is C10H21N3O. The molecule has 1 rings (SSSR count). The van der Waals surface area contributed by atoms with E-state index < -0.39 is 0 Å². The molecule has 3 N–H and O–H groups in total. The molecule has 0 aliphatic heterocycles. The van der Waals surface area contributed by atoms with Crippen LogP contribution in [-0.2, 0) is 4.74 Å². The fraction of sp³-hybridized carbons (Fsp3) is 0.900. The lowest BCUT2D eigenvalue weighted by Gasteiger charge is -2.32. The summed E-state index contributed by atoms with van der Waals surface area (Å²) < 4.78 is 5.17. The van der Waals surface area contributed by atoms with E-state index in [9.17, 15) is 0 Å². The molecule has 0 bridgehead atoms. The molecule has 0 spiro atoms. The zero-order valence-electron chi connectivity index (χ0n) is 9.50. The molecule has 0 radical (unpaired) electrons. The molecule has 0 atom stereocenters. The summed E-state index contributed by atoms with van der Waals surface area (Å²) in [5, 5.41) is 3.14. The van der Waals surface area contributed by atoms with Crippen LogP contribution in [0.25, 0.3) is 0 Å². The molecule has 0 saturated heterocycles. The Bertz CT molecular complexity index is 214. The SMILES string of the molecule is COC1CC(N=C(N)NC(C)(C)C)C1. The predicted molar refractivity (Wildman–Crippen MR) is 58.3 cm³/mol. The lowest BCUT2D eigenvalue weighted by Crippen LogP contribution is -2.46. The van der Waals surface area contributed by atoms with E-state index in [1.54, 1.807) is 7.11 Å². The number of nitrogens with one attached hydrogen (secondary N) is 1. The molecule has 1 saturated carbocycles. The van der Waals surface area contributed by atoms with E-state index in [0.717, 1.165) is 12.8 Å². The van der Waals surface area contributed by atoms with Crippen molar-refractivity contribution in [1.29, 1.82) is 0 Å². The zero-order valence-corrected chi connectivity index (χ0v) is 9.50. The minimum absolute atomic E-state index is 0.0159. The first-order valence-corrected chi connectivity index (χ1v) is 5.05. The number of ether oxygens (including phenoxy) is 1. The highest BCUT2D eigenvalue weighted by Crippen LogP contribution is 2.25. The number of nitrogens with two attached hydrogens (primary N) is 1. The summed E-state index contributed by atoms with van der Waals surface area (Å²) in [5.74, 6) is 0.539.